The Morgan fingerprint density at radius 1 is 1.25 bits per heavy atom. The van der Waals surface area contributed by atoms with E-state index in [0.29, 0.717) is 0 Å². The van der Waals surface area contributed by atoms with Crippen LogP contribution < -0.4 is 15.5 Å². The topological polar surface area (TPSA) is 56.8 Å². The van der Waals surface area contributed by atoms with Crippen molar-refractivity contribution in [2.45, 2.75) is 31.9 Å². The summed E-state index contributed by atoms with van der Waals surface area (Å²) in [5.74, 6) is 0. The van der Waals surface area contributed by atoms with Crippen molar-refractivity contribution in [2.24, 2.45) is 0 Å². The lowest BCUT2D eigenvalue weighted by atomic mass is 10.1. The van der Waals surface area contributed by atoms with Gasteiger partial charge in [-0.15, -0.1) is 0 Å². The van der Waals surface area contributed by atoms with Crippen LogP contribution in [0.25, 0.3) is 0 Å². The molecule has 2 heterocycles. The molecular formula is C18H28N4O2. The molecule has 2 fully saturated rings. The zero-order valence-corrected chi connectivity index (χ0v) is 14.6. The Balaban J connectivity index is 1.61. The van der Waals surface area contributed by atoms with Crippen LogP contribution in [0.3, 0.4) is 0 Å². The van der Waals surface area contributed by atoms with Gasteiger partial charge in [-0.25, -0.2) is 4.79 Å². The molecule has 0 radical (unpaired) electrons. The number of amides is 2. The second kappa shape index (κ2) is 7.85. The minimum atomic E-state index is -0.167. The first-order valence-electron chi connectivity index (χ1n) is 8.85. The summed E-state index contributed by atoms with van der Waals surface area (Å²) in [7, 11) is 2.14. The fourth-order valence-corrected chi connectivity index (χ4v) is 3.36. The number of rotatable bonds is 4. The predicted molar refractivity (Wildman–Crippen MR) is 96.7 cm³/mol. The van der Waals surface area contributed by atoms with Crippen molar-refractivity contribution >= 4 is 17.4 Å². The second-order valence-electron chi connectivity index (χ2n) is 6.75. The zero-order chi connectivity index (χ0) is 16.9. The van der Waals surface area contributed by atoms with Crippen LogP contribution in [0.5, 0.6) is 0 Å². The molecule has 0 spiro atoms. The van der Waals surface area contributed by atoms with Crippen LogP contribution in [0.1, 0.15) is 19.8 Å². The van der Waals surface area contributed by atoms with Crippen molar-refractivity contribution in [3.05, 3.63) is 24.3 Å². The van der Waals surface area contributed by atoms with Gasteiger partial charge in [0.1, 0.15) is 0 Å². The number of hydrogen-bond donors (Lipinski definition) is 2. The van der Waals surface area contributed by atoms with Gasteiger partial charge in [0.2, 0.25) is 0 Å². The monoisotopic (exact) mass is 332 g/mol. The van der Waals surface area contributed by atoms with Crippen LogP contribution in [0.4, 0.5) is 16.2 Å². The number of carbonyl (C=O) groups is 1. The first-order valence-corrected chi connectivity index (χ1v) is 8.85. The van der Waals surface area contributed by atoms with Crippen LogP contribution in [-0.4, -0.2) is 62.9 Å². The van der Waals surface area contributed by atoms with Gasteiger partial charge in [0.05, 0.1) is 23.5 Å². The number of urea groups is 1. The van der Waals surface area contributed by atoms with E-state index in [1.807, 2.05) is 25.1 Å². The fourth-order valence-electron chi connectivity index (χ4n) is 3.36. The normalized spacial score (nSPS) is 23.1. The van der Waals surface area contributed by atoms with E-state index in [1.54, 1.807) is 0 Å². The van der Waals surface area contributed by atoms with E-state index >= 15 is 0 Å². The van der Waals surface area contributed by atoms with E-state index in [-0.39, 0.29) is 18.2 Å². The molecule has 0 saturated carbocycles. The van der Waals surface area contributed by atoms with E-state index in [4.69, 9.17) is 4.74 Å². The number of hydrogen-bond acceptors (Lipinski definition) is 4. The molecule has 1 aromatic carbocycles. The van der Waals surface area contributed by atoms with Crippen LogP contribution >= 0.6 is 0 Å². The van der Waals surface area contributed by atoms with E-state index in [0.717, 1.165) is 57.0 Å². The zero-order valence-electron chi connectivity index (χ0n) is 14.6. The van der Waals surface area contributed by atoms with Crippen LogP contribution in [0, 0.1) is 0 Å². The van der Waals surface area contributed by atoms with Crippen molar-refractivity contribution < 1.29 is 9.53 Å². The van der Waals surface area contributed by atoms with Crippen LogP contribution in [0.2, 0.25) is 0 Å². The van der Waals surface area contributed by atoms with E-state index in [9.17, 15) is 4.79 Å². The van der Waals surface area contributed by atoms with E-state index in [2.05, 4.69) is 33.5 Å². The number of benzene rings is 1. The molecule has 1 aromatic rings. The third-order valence-corrected chi connectivity index (χ3v) is 4.88. The molecule has 24 heavy (non-hydrogen) atoms. The molecule has 0 aliphatic carbocycles. The fraction of sp³-hybridized carbons (Fsp3) is 0.611. The summed E-state index contributed by atoms with van der Waals surface area (Å²) in [6, 6.07) is 7.86. The molecule has 132 valence electrons. The number of nitrogens with zero attached hydrogens (tertiary/aromatic N) is 2. The molecule has 6 nitrogen and oxygen atoms in total. The van der Waals surface area contributed by atoms with Gasteiger partial charge in [0.15, 0.2) is 0 Å². The quantitative estimate of drug-likeness (QED) is 0.887. The van der Waals surface area contributed by atoms with Gasteiger partial charge < -0.3 is 25.2 Å². The summed E-state index contributed by atoms with van der Waals surface area (Å²) in [6.45, 7) is 6.83. The summed E-state index contributed by atoms with van der Waals surface area (Å²) < 4.78 is 5.64. The Hall–Kier alpha value is -1.79. The first-order chi connectivity index (χ1) is 11.6. The van der Waals surface area contributed by atoms with Crippen molar-refractivity contribution in [1.29, 1.82) is 0 Å². The number of carbonyl (C=O) groups excluding carboxylic acids is 1. The summed E-state index contributed by atoms with van der Waals surface area (Å²) in [6.07, 6.45) is 2.22. The van der Waals surface area contributed by atoms with Gasteiger partial charge in [0.25, 0.3) is 0 Å². The number of piperazine rings is 1. The Bertz CT molecular complexity index is 552. The lowest BCUT2D eigenvalue weighted by molar-refractivity contribution is 0.0868. The number of nitrogens with one attached hydrogen (secondary N) is 2. The molecular weight excluding hydrogens is 304 g/mol. The lowest BCUT2D eigenvalue weighted by Gasteiger charge is -2.35. The van der Waals surface area contributed by atoms with Crippen LogP contribution in [0.15, 0.2) is 24.3 Å². The highest BCUT2D eigenvalue weighted by Gasteiger charge is 2.24. The summed E-state index contributed by atoms with van der Waals surface area (Å²) in [5, 5.41) is 6.02. The minimum Gasteiger partial charge on any atom is -0.376 e. The summed E-state index contributed by atoms with van der Waals surface area (Å²) >= 11 is 0. The Morgan fingerprint density at radius 3 is 2.71 bits per heavy atom. The Kier molecular flexibility index (Phi) is 5.58. The van der Waals surface area contributed by atoms with Gasteiger partial charge in [-0.2, -0.15) is 0 Å². The highest BCUT2D eigenvalue weighted by atomic mass is 16.5. The first kappa shape index (κ1) is 17.0. The van der Waals surface area contributed by atoms with Crippen molar-refractivity contribution in [1.82, 2.24) is 10.2 Å². The third-order valence-electron chi connectivity index (χ3n) is 4.88. The van der Waals surface area contributed by atoms with Crippen molar-refractivity contribution in [2.75, 3.05) is 50.1 Å². The SMILES string of the molecule is C[C@@H](NC(=O)Nc1ccccc1N1CCN(C)CC1)[C@@H]1CCCO1. The molecule has 3 rings (SSSR count). The Morgan fingerprint density at radius 2 is 2.00 bits per heavy atom. The smallest absolute Gasteiger partial charge is 0.319 e. The predicted octanol–water partition coefficient (Wildman–Crippen LogP) is 2.13. The second-order valence-corrected chi connectivity index (χ2v) is 6.75. The standard InChI is InChI=1S/C18H28N4O2/c1-14(17-8-5-13-24-17)19-18(23)20-15-6-3-4-7-16(15)22-11-9-21(2)10-12-22/h3-4,6-7,14,17H,5,8-13H2,1-2H3,(H2,19,20,23)/t14-,17+/m1/s1. The van der Waals surface area contributed by atoms with E-state index < -0.39 is 0 Å². The molecule has 2 saturated heterocycles. The molecule has 6 heteroatoms. The molecule has 2 amide bonds. The molecule has 0 aromatic heterocycles. The van der Waals surface area contributed by atoms with E-state index in [1.165, 1.54) is 0 Å². The molecule has 2 atom stereocenters. The summed E-state index contributed by atoms with van der Waals surface area (Å²) in [5.41, 5.74) is 1.95. The number of para-hydroxylation sites is 2. The maximum Gasteiger partial charge on any atom is 0.319 e. The maximum atomic E-state index is 12.4. The molecule has 0 bridgehead atoms. The van der Waals surface area contributed by atoms with Crippen molar-refractivity contribution in [3.8, 4) is 0 Å². The molecule has 0 unspecified atom stereocenters. The molecule has 2 aliphatic heterocycles. The number of ether oxygens (including phenoxy) is 1. The van der Waals surface area contributed by atoms with Gasteiger partial charge in [-0.1, -0.05) is 12.1 Å². The third kappa shape index (κ3) is 4.19. The Labute approximate surface area is 144 Å². The minimum absolute atomic E-state index is 0.0169. The summed E-state index contributed by atoms with van der Waals surface area (Å²) in [4.78, 5) is 17.0. The number of likely N-dealkylation sites (N-methyl/N-ethyl adjacent to an activating group) is 1. The highest BCUT2D eigenvalue weighted by Crippen LogP contribution is 2.26. The average molecular weight is 332 g/mol. The average Bonchev–Trinajstić information content (AvgIpc) is 3.11. The molecule has 2 aliphatic rings. The van der Waals surface area contributed by atoms with Gasteiger partial charge in [-0.05, 0) is 38.9 Å². The molecule has 2 N–H and O–H groups in total. The largest absolute Gasteiger partial charge is 0.376 e. The van der Waals surface area contributed by atoms with Crippen LogP contribution in [-0.2, 0) is 4.74 Å². The highest BCUT2D eigenvalue weighted by molar-refractivity contribution is 5.93. The van der Waals surface area contributed by atoms with Gasteiger partial charge in [0, 0.05) is 32.8 Å². The van der Waals surface area contributed by atoms with Crippen molar-refractivity contribution in [3.63, 3.8) is 0 Å². The lowest BCUT2D eigenvalue weighted by Crippen LogP contribution is -2.45. The van der Waals surface area contributed by atoms with Gasteiger partial charge in [-0.3, -0.25) is 0 Å². The maximum absolute atomic E-state index is 12.4. The number of anilines is 2. The van der Waals surface area contributed by atoms with Gasteiger partial charge >= 0.3 is 6.03 Å².